The number of Topliss-reactive ketones (excluding diaryl/α,β-unsaturated/α-hetero) is 2. The summed E-state index contributed by atoms with van der Waals surface area (Å²) >= 11 is 0. The lowest BCUT2D eigenvalue weighted by Gasteiger charge is -2.27. The molecular formula is C22H26O4. The van der Waals surface area contributed by atoms with Crippen LogP contribution in [0.5, 0.6) is 0 Å². The Balaban J connectivity index is 2.54. The first-order valence-corrected chi connectivity index (χ1v) is 8.99. The average molecular weight is 354 g/mol. The van der Waals surface area contributed by atoms with E-state index in [1.54, 1.807) is 19.9 Å². The van der Waals surface area contributed by atoms with Gasteiger partial charge in [-0.1, -0.05) is 19.1 Å². The first-order chi connectivity index (χ1) is 12.2. The maximum absolute atomic E-state index is 12.5. The molecule has 0 heterocycles. The van der Waals surface area contributed by atoms with Crippen molar-refractivity contribution < 1.29 is 19.5 Å². The molecular weight excluding hydrogens is 328 g/mol. The van der Waals surface area contributed by atoms with Crippen LogP contribution in [0.25, 0.3) is 0 Å². The van der Waals surface area contributed by atoms with Gasteiger partial charge in [0.15, 0.2) is 17.3 Å². The third kappa shape index (κ3) is 3.55. The summed E-state index contributed by atoms with van der Waals surface area (Å²) in [4.78, 5) is 37.4. The summed E-state index contributed by atoms with van der Waals surface area (Å²) in [5.74, 6) is -1.08. The van der Waals surface area contributed by atoms with Gasteiger partial charge in [-0.2, -0.15) is 0 Å². The zero-order valence-electron chi connectivity index (χ0n) is 16.1. The maximum Gasteiger partial charge on any atom is 0.186 e. The quantitative estimate of drug-likeness (QED) is 0.371. The van der Waals surface area contributed by atoms with E-state index in [0.29, 0.717) is 5.56 Å². The number of carbonyl (C=O) groups excluding carboxylic acids is 3. The van der Waals surface area contributed by atoms with E-state index in [0.717, 1.165) is 22.3 Å². The molecule has 0 atom stereocenters. The molecule has 0 saturated heterocycles. The average Bonchev–Trinajstić information content (AvgIpc) is 2.53. The Labute approximate surface area is 154 Å². The molecule has 1 aromatic rings. The van der Waals surface area contributed by atoms with Gasteiger partial charge in [0, 0.05) is 24.8 Å². The largest absolute Gasteiger partial charge is 0.511 e. The summed E-state index contributed by atoms with van der Waals surface area (Å²) in [7, 11) is 0. The molecule has 1 aromatic carbocycles. The van der Waals surface area contributed by atoms with Crippen LogP contribution in [0.2, 0.25) is 0 Å². The fourth-order valence-electron chi connectivity index (χ4n) is 4.03. The van der Waals surface area contributed by atoms with Crippen LogP contribution in [0.15, 0.2) is 29.6 Å². The van der Waals surface area contributed by atoms with Crippen LogP contribution in [0.4, 0.5) is 0 Å². The van der Waals surface area contributed by atoms with E-state index >= 15 is 0 Å². The fraction of sp³-hybridized carbons (Fsp3) is 0.409. The smallest absolute Gasteiger partial charge is 0.186 e. The Morgan fingerprint density at radius 3 is 2.23 bits per heavy atom. The number of hydrogen-bond acceptors (Lipinski definition) is 4. The van der Waals surface area contributed by atoms with E-state index in [1.165, 1.54) is 6.08 Å². The molecule has 138 valence electrons. The monoisotopic (exact) mass is 354 g/mol. The first-order valence-electron chi connectivity index (χ1n) is 8.99. The standard InChI is InChI=1S/C22H26O4/c1-6-8-17(24)21-13(4)9-12(3)20(14(21)5)15-10-18(25)22(16(23)7-2)19(26)11-15/h6,8-9,15,23H,7,10-11H2,1-5H3. The highest BCUT2D eigenvalue weighted by atomic mass is 16.3. The van der Waals surface area contributed by atoms with Crippen molar-refractivity contribution in [2.75, 3.05) is 0 Å². The molecule has 1 aliphatic rings. The third-order valence-electron chi connectivity index (χ3n) is 5.05. The van der Waals surface area contributed by atoms with Gasteiger partial charge in [0.25, 0.3) is 0 Å². The highest BCUT2D eigenvalue weighted by Gasteiger charge is 2.35. The summed E-state index contributed by atoms with van der Waals surface area (Å²) in [6.45, 7) is 9.24. The highest BCUT2D eigenvalue weighted by molar-refractivity contribution is 6.22. The molecule has 1 saturated carbocycles. The lowest BCUT2D eigenvalue weighted by atomic mass is 9.75. The van der Waals surface area contributed by atoms with Gasteiger partial charge in [-0.25, -0.2) is 0 Å². The summed E-state index contributed by atoms with van der Waals surface area (Å²) < 4.78 is 0. The second-order valence-electron chi connectivity index (χ2n) is 6.92. The molecule has 2 rings (SSSR count). The predicted octanol–water partition coefficient (Wildman–Crippen LogP) is 4.61. The molecule has 0 amide bonds. The lowest BCUT2D eigenvalue weighted by molar-refractivity contribution is -0.124. The van der Waals surface area contributed by atoms with Crippen LogP contribution >= 0.6 is 0 Å². The molecule has 0 bridgehead atoms. The molecule has 1 fully saturated rings. The second kappa shape index (κ2) is 7.81. The van der Waals surface area contributed by atoms with Crippen LogP contribution in [0.1, 0.15) is 71.6 Å². The minimum Gasteiger partial charge on any atom is -0.511 e. The van der Waals surface area contributed by atoms with Crippen LogP contribution < -0.4 is 0 Å². The molecule has 0 spiro atoms. The van der Waals surface area contributed by atoms with E-state index in [-0.39, 0.29) is 53.9 Å². The van der Waals surface area contributed by atoms with E-state index in [1.807, 2.05) is 26.8 Å². The Kier molecular flexibility index (Phi) is 5.96. The molecule has 1 N–H and O–H groups in total. The van der Waals surface area contributed by atoms with Gasteiger partial charge in [0.05, 0.1) is 5.57 Å². The van der Waals surface area contributed by atoms with E-state index in [4.69, 9.17) is 0 Å². The van der Waals surface area contributed by atoms with E-state index in [2.05, 4.69) is 0 Å². The minimum absolute atomic E-state index is 0.0450. The Bertz CT molecular complexity index is 820. The topological polar surface area (TPSA) is 71.4 Å². The van der Waals surface area contributed by atoms with Crippen molar-refractivity contribution in [2.24, 2.45) is 0 Å². The van der Waals surface area contributed by atoms with Crippen LogP contribution in [0, 0.1) is 20.8 Å². The lowest BCUT2D eigenvalue weighted by Crippen LogP contribution is -2.27. The van der Waals surface area contributed by atoms with Crippen molar-refractivity contribution in [1.82, 2.24) is 0 Å². The summed E-state index contributed by atoms with van der Waals surface area (Å²) in [6.07, 6.45) is 3.85. The SMILES string of the molecule is CC=CC(=O)c1c(C)cc(C)c(C2CC(=O)C(=C(O)CC)C(=O)C2)c1C. The summed E-state index contributed by atoms with van der Waals surface area (Å²) in [5.41, 5.74) is 4.21. The van der Waals surface area contributed by atoms with Gasteiger partial charge in [0.1, 0.15) is 5.76 Å². The minimum atomic E-state index is -0.314. The Morgan fingerprint density at radius 2 is 1.73 bits per heavy atom. The summed E-state index contributed by atoms with van der Waals surface area (Å²) in [6, 6.07) is 1.95. The number of aliphatic hydroxyl groups excluding tert-OH is 1. The van der Waals surface area contributed by atoms with Crippen LogP contribution in [-0.4, -0.2) is 22.5 Å². The molecule has 0 aliphatic heterocycles. The summed E-state index contributed by atoms with van der Waals surface area (Å²) in [5, 5.41) is 9.89. The number of rotatable bonds is 4. The van der Waals surface area contributed by atoms with Crippen LogP contribution in [-0.2, 0) is 9.59 Å². The van der Waals surface area contributed by atoms with Crippen molar-refractivity contribution in [3.8, 4) is 0 Å². The predicted molar refractivity (Wildman–Crippen MR) is 102 cm³/mol. The molecule has 4 heteroatoms. The molecule has 1 aliphatic carbocycles. The molecule has 0 radical (unpaired) electrons. The van der Waals surface area contributed by atoms with Crippen molar-refractivity contribution in [1.29, 1.82) is 0 Å². The van der Waals surface area contributed by atoms with Gasteiger partial charge in [-0.05, 0) is 61.9 Å². The normalized spacial score (nSPS) is 17.9. The molecule has 0 unspecified atom stereocenters. The van der Waals surface area contributed by atoms with Crippen molar-refractivity contribution in [3.05, 3.63) is 57.4 Å². The number of benzene rings is 1. The van der Waals surface area contributed by atoms with E-state index < -0.39 is 0 Å². The number of aliphatic hydroxyl groups is 1. The number of carbonyl (C=O) groups is 3. The van der Waals surface area contributed by atoms with Crippen molar-refractivity contribution in [3.63, 3.8) is 0 Å². The highest BCUT2D eigenvalue weighted by Crippen LogP contribution is 2.38. The van der Waals surface area contributed by atoms with Gasteiger partial charge >= 0.3 is 0 Å². The molecule has 4 nitrogen and oxygen atoms in total. The van der Waals surface area contributed by atoms with Gasteiger partial charge in [-0.3, -0.25) is 14.4 Å². The first kappa shape index (κ1) is 19.8. The third-order valence-corrected chi connectivity index (χ3v) is 5.05. The zero-order chi connectivity index (χ0) is 19.6. The maximum atomic E-state index is 12.5. The van der Waals surface area contributed by atoms with Gasteiger partial charge in [0.2, 0.25) is 0 Å². The van der Waals surface area contributed by atoms with Crippen molar-refractivity contribution >= 4 is 17.3 Å². The van der Waals surface area contributed by atoms with Gasteiger partial charge < -0.3 is 5.11 Å². The van der Waals surface area contributed by atoms with Gasteiger partial charge in [-0.15, -0.1) is 0 Å². The van der Waals surface area contributed by atoms with Crippen molar-refractivity contribution in [2.45, 2.75) is 59.8 Å². The Morgan fingerprint density at radius 1 is 1.15 bits per heavy atom. The number of aryl methyl sites for hydroxylation is 2. The van der Waals surface area contributed by atoms with Crippen LogP contribution in [0.3, 0.4) is 0 Å². The molecule has 0 aromatic heterocycles. The zero-order valence-corrected chi connectivity index (χ0v) is 16.1. The number of allylic oxidation sites excluding steroid dienone is 4. The number of hydrogen-bond donors (Lipinski definition) is 1. The fourth-order valence-corrected chi connectivity index (χ4v) is 4.03. The second-order valence-corrected chi connectivity index (χ2v) is 6.92. The van der Waals surface area contributed by atoms with E-state index in [9.17, 15) is 19.5 Å². The molecule has 26 heavy (non-hydrogen) atoms. The Hall–Kier alpha value is -2.49. The number of ketones is 3.